The summed E-state index contributed by atoms with van der Waals surface area (Å²) in [7, 11) is 0. The monoisotopic (exact) mass is 408 g/mol. The molecule has 0 radical (unpaired) electrons. The Balaban J connectivity index is 1.36. The first-order chi connectivity index (χ1) is 14.6. The second-order valence-corrected chi connectivity index (χ2v) is 9.36. The highest BCUT2D eigenvalue weighted by Crippen LogP contribution is 2.58. The number of aromatic nitrogens is 1. The van der Waals surface area contributed by atoms with Crippen molar-refractivity contribution >= 4 is 5.91 Å². The number of amides is 1. The zero-order chi connectivity index (χ0) is 20.6. The van der Waals surface area contributed by atoms with Crippen molar-refractivity contribution in [3.63, 3.8) is 0 Å². The van der Waals surface area contributed by atoms with Crippen molar-refractivity contribution in [1.29, 1.82) is 0 Å². The average molecular weight is 409 g/mol. The Hall–Kier alpha value is -2.18. The molecule has 6 heteroatoms. The van der Waals surface area contributed by atoms with E-state index in [1.807, 2.05) is 24.5 Å². The number of hydrogen-bond donors (Lipinski definition) is 0. The summed E-state index contributed by atoms with van der Waals surface area (Å²) >= 11 is 0. The summed E-state index contributed by atoms with van der Waals surface area (Å²) in [6.07, 6.45) is 8.70. The van der Waals surface area contributed by atoms with E-state index in [4.69, 9.17) is 4.42 Å². The van der Waals surface area contributed by atoms with E-state index in [1.165, 1.54) is 5.56 Å². The first kappa shape index (κ1) is 19.8. The topological polar surface area (TPSA) is 52.8 Å². The molecule has 2 aromatic heterocycles. The zero-order valence-corrected chi connectivity index (χ0v) is 17.9. The number of carbonyl (C=O) groups is 1. The molecular weight excluding hydrogens is 376 g/mol. The van der Waals surface area contributed by atoms with Gasteiger partial charge in [-0.1, -0.05) is 6.07 Å². The van der Waals surface area contributed by atoms with Gasteiger partial charge in [0.15, 0.2) is 0 Å². The number of furan rings is 1. The number of hydrogen-bond acceptors (Lipinski definition) is 5. The van der Waals surface area contributed by atoms with Crippen molar-refractivity contribution in [2.45, 2.75) is 39.3 Å². The van der Waals surface area contributed by atoms with E-state index in [1.54, 1.807) is 6.26 Å². The predicted octanol–water partition coefficient (Wildman–Crippen LogP) is 3.01. The third-order valence-electron chi connectivity index (χ3n) is 7.82. The minimum absolute atomic E-state index is 0.0792. The first-order valence-corrected chi connectivity index (χ1v) is 11.3. The molecule has 1 amide bonds. The van der Waals surface area contributed by atoms with Crippen LogP contribution in [0.2, 0.25) is 0 Å². The summed E-state index contributed by atoms with van der Waals surface area (Å²) < 4.78 is 5.56. The van der Waals surface area contributed by atoms with Crippen LogP contribution in [0.15, 0.2) is 47.3 Å². The quantitative estimate of drug-likeness (QED) is 0.761. The van der Waals surface area contributed by atoms with Crippen LogP contribution in [0.1, 0.15) is 37.5 Å². The Kier molecular flexibility index (Phi) is 5.15. The third-order valence-corrected chi connectivity index (χ3v) is 7.82. The molecule has 0 bridgehead atoms. The van der Waals surface area contributed by atoms with Gasteiger partial charge in [0.2, 0.25) is 5.91 Å². The maximum atomic E-state index is 13.6. The summed E-state index contributed by atoms with van der Waals surface area (Å²) in [6.45, 7) is 9.55. The molecule has 2 spiro atoms. The molecule has 5 heterocycles. The van der Waals surface area contributed by atoms with Gasteiger partial charge >= 0.3 is 0 Å². The number of carbonyl (C=O) groups excluding carboxylic acids is 1. The third kappa shape index (κ3) is 3.26. The Morgan fingerprint density at radius 1 is 1.03 bits per heavy atom. The van der Waals surface area contributed by atoms with Crippen molar-refractivity contribution in [1.82, 2.24) is 19.7 Å². The second kappa shape index (κ2) is 7.82. The van der Waals surface area contributed by atoms with Gasteiger partial charge in [0.1, 0.15) is 5.76 Å². The van der Waals surface area contributed by atoms with E-state index in [-0.39, 0.29) is 10.8 Å². The Bertz CT molecular complexity index is 861. The molecule has 160 valence electrons. The molecule has 2 aromatic rings. The summed E-state index contributed by atoms with van der Waals surface area (Å²) in [5, 5.41) is 0. The van der Waals surface area contributed by atoms with Crippen LogP contribution in [0, 0.1) is 10.8 Å². The number of pyridine rings is 1. The molecule has 0 saturated carbocycles. The van der Waals surface area contributed by atoms with Gasteiger partial charge in [-0.2, -0.15) is 0 Å². The normalized spacial score (nSPS) is 27.0. The number of rotatable bonds is 5. The maximum Gasteiger partial charge on any atom is 0.230 e. The molecule has 3 aliphatic rings. The second-order valence-electron chi connectivity index (χ2n) is 9.36. The van der Waals surface area contributed by atoms with Gasteiger partial charge in [0.25, 0.3) is 0 Å². The minimum Gasteiger partial charge on any atom is -0.468 e. The SMILES string of the molecule is CCN1CC[C@]2(CN(Cc3cccnc3)CC23CCN(Cc2ccco2)CC3)C1=O. The van der Waals surface area contributed by atoms with Gasteiger partial charge in [-0.05, 0) is 63.0 Å². The highest BCUT2D eigenvalue weighted by atomic mass is 16.3. The van der Waals surface area contributed by atoms with Gasteiger partial charge in [-0.3, -0.25) is 19.6 Å². The fourth-order valence-electron chi connectivity index (χ4n) is 6.22. The Morgan fingerprint density at radius 3 is 2.57 bits per heavy atom. The molecule has 1 atom stereocenters. The van der Waals surface area contributed by atoms with Crippen LogP contribution >= 0.6 is 0 Å². The van der Waals surface area contributed by atoms with Crippen molar-refractivity contribution in [3.8, 4) is 0 Å². The maximum absolute atomic E-state index is 13.6. The summed E-state index contributed by atoms with van der Waals surface area (Å²) in [5.74, 6) is 1.43. The van der Waals surface area contributed by atoms with Gasteiger partial charge in [0.05, 0.1) is 18.2 Å². The van der Waals surface area contributed by atoms with Gasteiger partial charge in [-0.15, -0.1) is 0 Å². The fourth-order valence-corrected chi connectivity index (χ4v) is 6.22. The molecule has 0 aromatic carbocycles. The van der Waals surface area contributed by atoms with Crippen molar-refractivity contribution in [2.75, 3.05) is 39.3 Å². The van der Waals surface area contributed by atoms with Crippen LogP contribution in [0.25, 0.3) is 0 Å². The van der Waals surface area contributed by atoms with Crippen LogP contribution in [0.3, 0.4) is 0 Å². The first-order valence-electron chi connectivity index (χ1n) is 11.3. The molecule has 5 rings (SSSR count). The average Bonchev–Trinajstić information content (AvgIpc) is 3.46. The largest absolute Gasteiger partial charge is 0.468 e. The van der Waals surface area contributed by atoms with Gasteiger partial charge in [-0.25, -0.2) is 0 Å². The number of nitrogens with zero attached hydrogens (tertiary/aromatic N) is 4. The van der Waals surface area contributed by atoms with Crippen molar-refractivity contribution in [2.24, 2.45) is 10.8 Å². The Labute approximate surface area is 178 Å². The smallest absolute Gasteiger partial charge is 0.230 e. The minimum atomic E-state index is -0.220. The zero-order valence-electron chi connectivity index (χ0n) is 17.9. The predicted molar refractivity (Wildman–Crippen MR) is 114 cm³/mol. The van der Waals surface area contributed by atoms with E-state index in [0.717, 1.165) is 77.4 Å². The summed E-state index contributed by atoms with van der Waals surface area (Å²) in [6, 6.07) is 8.16. The lowest BCUT2D eigenvalue weighted by Gasteiger charge is -2.47. The highest BCUT2D eigenvalue weighted by molar-refractivity contribution is 5.86. The lowest BCUT2D eigenvalue weighted by atomic mass is 9.60. The Morgan fingerprint density at radius 2 is 1.90 bits per heavy atom. The van der Waals surface area contributed by atoms with E-state index < -0.39 is 0 Å². The lowest BCUT2D eigenvalue weighted by Crippen LogP contribution is -2.52. The molecule has 0 N–H and O–H groups in total. The van der Waals surface area contributed by atoms with Crippen LogP contribution in [-0.2, 0) is 17.9 Å². The van der Waals surface area contributed by atoms with E-state index in [0.29, 0.717) is 5.91 Å². The molecule has 0 aliphatic carbocycles. The molecule has 3 aliphatic heterocycles. The molecule has 30 heavy (non-hydrogen) atoms. The number of likely N-dealkylation sites (tertiary alicyclic amines) is 3. The molecule has 6 nitrogen and oxygen atoms in total. The van der Waals surface area contributed by atoms with Crippen LogP contribution in [0.4, 0.5) is 0 Å². The highest BCUT2D eigenvalue weighted by Gasteiger charge is 2.64. The molecule has 0 unspecified atom stereocenters. The molecule has 3 fully saturated rings. The van der Waals surface area contributed by atoms with Crippen molar-refractivity contribution < 1.29 is 9.21 Å². The fraction of sp³-hybridized carbons (Fsp3) is 0.583. The van der Waals surface area contributed by atoms with E-state index in [9.17, 15) is 4.79 Å². The summed E-state index contributed by atoms with van der Waals surface area (Å²) in [5.41, 5.74) is 1.09. The molecular formula is C24H32N4O2. The van der Waals surface area contributed by atoms with Crippen LogP contribution < -0.4 is 0 Å². The van der Waals surface area contributed by atoms with Crippen LogP contribution in [-0.4, -0.2) is 64.9 Å². The van der Waals surface area contributed by atoms with Crippen molar-refractivity contribution in [3.05, 3.63) is 54.2 Å². The standard InChI is InChI=1S/C24H32N4O2/c1-2-28-13-9-24(22(28)29)19-27(16-20-5-3-10-25-15-20)18-23(24)7-11-26(12-8-23)17-21-6-4-14-30-21/h3-6,10,14-15H,2,7-9,11-13,16-19H2,1H3/t24-/m0/s1. The van der Waals surface area contributed by atoms with Crippen LogP contribution in [0.5, 0.6) is 0 Å². The summed E-state index contributed by atoms with van der Waals surface area (Å²) in [4.78, 5) is 25.0. The van der Waals surface area contributed by atoms with Gasteiger partial charge in [0, 0.05) is 50.5 Å². The lowest BCUT2D eigenvalue weighted by molar-refractivity contribution is -0.142. The van der Waals surface area contributed by atoms with E-state index in [2.05, 4.69) is 38.7 Å². The number of fused-ring (bicyclic) bond motifs is 1. The van der Waals surface area contributed by atoms with Gasteiger partial charge < -0.3 is 9.32 Å². The van der Waals surface area contributed by atoms with E-state index >= 15 is 0 Å². The molecule has 3 saturated heterocycles. The number of piperidine rings is 1.